The van der Waals surface area contributed by atoms with Crippen LogP contribution in [0, 0.1) is 5.92 Å². The molecule has 0 radical (unpaired) electrons. The molecule has 0 aromatic carbocycles. The Bertz CT molecular complexity index is 649. The summed E-state index contributed by atoms with van der Waals surface area (Å²) in [6, 6.07) is -4.29. The van der Waals surface area contributed by atoms with Crippen LogP contribution in [-0.4, -0.2) is 76.6 Å². The van der Waals surface area contributed by atoms with Crippen molar-refractivity contribution in [3.63, 3.8) is 0 Å². The van der Waals surface area contributed by atoms with Gasteiger partial charge in [-0.05, 0) is 30.8 Å². The Balaban J connectivity index is 5.43. The molecule has 4 unspecified atom stereocenters. The van der Waals surface area contributed by atoms with E-state index in [4.69, 9.17) is 11.5 Å². The Morgan fingerprint density at radius 3 is 2.00 bits per heavy atom. The van der Waals surface area contributed by atoms with Crippen molar-refractivity contribution in [2.24, 2.45) is 17.4 Å². The van der Waals surface area contributed by atoms with E-state index < -0.39 is 53.8 Å². The number of nitrogens with one attached hydrogen (secondary N) is 3. The van der Waals surface area contributed by atoms with Crippen LogP contribution in [0.2, 0.25) is 0 Å². The average Bonchev–Trinajstić information content (AvgIpc) is 2.70. The van der Waals surface area contributed by atoms with Crippen LogP contribution in [0.1, 0.15) is 33.1 Å². The monoisotopic (exact) mass is 479 g/mol. The number of carbonyl (C=O) groups is 5. The van der Waals surface area contributed by atoms with Crippen LogP contribution >= 0.6 is 24.4 Å². The zero-order valence-corrected chi connectivity index (χ0v) is 19.6. The molecule has 0 aliphatic heterocycles. The molecule has 11 nitrogen and oxygen atoms in total. The Morgan fingerprint density at radius 1 is 0.968 bits per heavy atom. The topological polar surface area (TPSA) is 194 Å². The largest absolute Gasteiger partial charge is 0.480 e. The third-order valence-corrected chi connectivity index (χ3v) is 5.36. The Labute approximate surface area is 191 Å². The molecule has 0 saturated heterocycles. The summed E-state index contributed by atoms with van der Waals surface area (Å²) in [6.45, 7) is 3.39. The molecule has 8 N–H and O–H groups in total. The summed E-state index contributed by atoms with van der Waals surface area (Å²) >= 11 is 5.37. The van der Waals surface area contributed by atoms with Crippen LogP contribution in [0.15, 0.2) is 0 Å². The smallest absolute Gasteiger partial charge is 0.326 e. The highest BCUT2D eigenvalue weighted by Crippen LogP contribution is 2.07. The predicted molar refractivity (Wildman–Crippen MR) is 122 cm³/mol. The molecular weight excluding hydrogens is 446 g/mol. The Kier molecular flexibility index (Phi) is 14.0. The second kappa shape index (κ2) is 14.9. The van der Waals surface area contributed by atoms with E-state index in [2.05, 4.69) is 28.6 Å². The molecule has 4 amide bonds. The highest BCUT2D eigenvalue weighted by molar-refractivity contribution is 7.98. The molecular formula is C18H33N5O6S2. The zero-order valence-electron chi connectivity index (χ0n) is 17.9. The standard InChI is InChI=1S/C18H33N5O6S2/c1-9(2)14(23-15(25)10(19)8-30)17(27)21-11(4-5-13(20)24)16(26)22-12(18(28)29)6-7-31-3/h9-12,14,30H,4-8,19H2,1-3H3,(H2,20,24)(H,21,27)(H,22,26)(H,23,25)(H,28,29). The first kappa shape index (κ1) is 29.0. The summed E-state index contributed by atoms with van der Waals surface area (Å²) in [5, 5.41) is 16.7. The fraction of sp³-hybridized carbons (Fsp3) is 0.722. The third kappa shape index (κ3) is 11.3. The Morgan fingerprint density at radius 2 is 1.55 bits per heavy atom. The van der Waals surface area contributed by atoms with E-state index in [1.54, 1.807) is 20.1 Å². The lowest BCUT2D eigenvalue weighted by molar-refractivity contribution is -0.142. The first-order valence-electron chi connectivity index (χ1n) is 9.72. The number of carbonyl (C=O) groups excluding carboxylic acids is 4. The number of amides is 4. The minimum Gasteiger partial charge on any atom is -0.480 e. The van der Waals surface area contributed by atoms with Crippen molar-refractivity contribution in [1.29, 1.82) is 0 Å². The lowest BCUT2D eigenvalue weighted by Gasteiger charge is -2.26. The summed E-state index contributed by atoms with van der Waals surface area (Å²) in [5.41, 5.74) is 10.8. The van der Waals surface area contributed by atoms with Gasteiger partial charge in [-0.1, -0.05) is 13.8 Å². The third-order valence-electron chi connectivity index (χ3n) is 4.32. The average molecular weight is 480 g/mol. The maximum atomic E-state index is 12.8. The van der Waals surface area contributed by atoms with Crippen molar-refractivity contribution >= 4 is 54.0 Å². The number of carboxylic acids is 1. The first-order valence-corrected chi connectivity index (χ1v) is 11.7. The van der Waals surface area contributed by atoms with Crippen molar-refractivity contribution in [2.45, 2.75) is 57.3 Å². The number of rotatable bonds is 15. The SMILES string of the molecule is CSCCC(NC(=O)C(CCC(N)=O)NC(=O)C(NC(=O)C(N)CS)C(C)C)C(=O)O. The van der Waals surface area contributed by atoms with Gasteiger partial charge in [0.25, 0.3) is 0 Å². The van der Waals surface area contributed by atoms with Gasteiger partial charge in [0.2, 0.25) is 23.6 Å². The predicted octanol–water partition coefficient (Wildman–Crippen LogP) is -1.54. The van der Waals surface area contributed by atoms with Crippen molar-refractivity contribution in [2.75, 3.05) is 17.8 Å². The van der Waals surface area contributed by atoms with E-state index in [9.17, 15) is 29.1 Å². The summed E-state index contributed by atoms with van der Waals surface area (Å²) in [5.74, 6) is -3.67. The van der Waals surface area contributed by atoms with Crippen LogP contribution in [0.5, 0.6) is 0 Å². The zero-order chi connectivity index (χ0) is 24.1. The van der Waals surface area contributed by atoms with E-state index in [1.807, 2.05) is 0 Å². The molecule has 0 spiro atoms. The number of hydrogen-bond acceptors (Lipinski definition) is 8. The molecule has 0 aromatic rings. The number of thioether (sulfide) groups is 1. The minimum atomic E-state index is -1.21. The number of hydrogen-bond donors (Lipinski definition) is 7. The van der Waals surface area contributed by atoms with E-state index in [0.29, 0.717) is 5.75 Å². The van der Waals surface area contributed by atoms with Crippen LogP contribution in [0.25, 0.3) is 0 Å². The summed E-state index contributed by atoms with van der Waals surface area (Å²) in [7, 11) is 0. The van der Waals surface area contributed by atoms with Gasteiger partial charge >= 0.3 is 5.97 Å². The normalized spacial score (nSPS) is 14.8. The second-order valence-electron chi connectivity index (χ2n) is 7.27. The number of nitrogens with two attached hydrogens (primary N) is 2. The van der Waals surface area contributed by atoms with Crippen LogP contribution < -0.4 is 27.4 Å². The molecule has 4 atom stereocenters. The van der Waals surface area contributed by atoms with Gasteiger partial charge in [-0.2, -0.15) is 24.4 Å². The van der Waals surface area contributed by atoms with Gasteiger partial charge in [-0.15, -0.1) is 0 Å². The van der Waals surface area contributed by atoms with Gasteiger partial charge in [0, 0.05) is 12.2 Å². The number of aliphatic carboxylic acids is 1. The molecule has 0 aliphatic rings. The summed E-state index contributed by atoms with van der Waals surface area (Å²) in [4.78, 5) is 60.1. The molecule has 0 bridgehead atoms. The van der Waals surface area contributed by atoms with Crippen molar-refractivity contribution < 1.29 is 29.1 Å². The van der Waals surface area contributed by atoms with Crippen molar-refractivity contribution in [1.82, 2.24) is 16.0 Å². The molecule has 0 rings (SSSR count). The van der Waals surface area contributed by atoms with E-state index in [0.717, 1.165) is 0 Å². The lowest BCUT2D eigenvalue weighted by Crippen LogP contribution is -2.58. The molecule has 0 fully saturated rings. The first-order chi connectivity index (χ1) is 14.4. The highest BCUT2D eigenvalue weighted by Gasteiger charge is 2.31. The molecule has 31 heavy (non-hydrogen) atoms. The van der Waals surface area contributed by atoms with E-state index in [-0.39, 0.29) is 30.9 Å². The molecule has 0 aliphatic carbocycles. The summed E-state index contributed by atoms with van der Waals surface area (Å²) < 4.78 is 0. The van der Waals surface area contributed by atoms with E-state index >= 15 is 0 Å². The minimum absolute atomic E-state index is 0.0779. The van der Waals surface area contributed by atoms with Crippen LogP contribution in [0.4, 0.5) is 0 Å². The van der Waals surface area contributed by atoms with Crippen LogP contribution in [0.3, 0.4) is 0 Å². The molecule has 13 heteroatoms. The maximum absolute atomic E-state index is 12.8. The maximum Gasteiger partial charge on any atom is 0.326 e. The van der Waals surface area contributed by atoms with E-state index in [1.165, 1.54) is 11.8 Å². The Hall–Kier alpha value is -1.99. The van der Waals surface area contributed by atoms with Crippen LogP contribution in [-0.2, 0) is 24.0 Å². The molecule has 0 aromatic heterocycles. The van der Waals surface area contributed by atoms with Gasteiger partial charge in [0.05, 0.1) is 6.04 Å². The van der Waals surface area contributed by atoms with Gasteiger partial charge in [0.15, 0.2) is 0 Å². The van der Waals surface area contributed by atoms with Gasteiger partial charge < -0.3 is 32.5 Å². The number of carboxylic acid groups (broad SMARTS) is 1. The van der Waals surface area contributed by atoms with Crippen molar-refractivity contribution in [3.8, 4) is 0 Å². The van der Waals surface area contributed by atoms with Gasteiger partial charge in [0.1, 0.15) is 18.1 Å². The number of primary amides is 1. The molecule has 0 heterocycles. The van der Waals surface area contributed by atoms with Crippen molar-refractivity contribution in [3.05, 3.63) is 0 Å². The summed E-state index contributed by atoms with van der Waals surface area (Å²) in [6.07, 6.45) is 1.66. The lowest BCUT2D eigenvalue weighted by atomic mass is 10.0. The molecule has 178 valence electrons. The van der Waals surface area contributed by atoms with Gasteiger partial charge in [-0.25, -0.2) is 4.79 Å². The van der Waals surface area contributed by atoms with Gasteiger partial charge in [-0.3, -0.25) is 19.2 Å². The fourth-order valence-electron chi connectivity index (χ4n) is 2.46. The molecule has 0 saturated carbocycles. The number of thiol groups is 1. The fourth-order valence-corrected chi connectivity index (χ4v) is 3.10. The highest BCUT2D eigenvalue weighted by atomic mass is 32.2. The second-order valence-corrected chi connectivity index (χ2v) is 8.62. The quantitative estimate of drug-likeness (QED) is 0.137.